The predicted octanol–water partition coefficient (Wildman–Crippen LogP) is 7.60. The number of unbranched alkanes of at least 4 members (excludes halogenated alkanes) is 14. The summed E-state index contributed by atoms with van der Waals surface area (Å²) < 4.78 is 5.34. The summed E-state index contributed by atoms with van der Waals surface area (Å²) in [5.41, 5.74) is 0.483. The Morgan fingerprint density at radius 3 is 1.79 bits per heavy atom. The summed E-state index contributed by atoms with van der Waals surface area (Å²) in [6, 6.07) is 7.40. The number of aromatic nitrogens is 1. The molecular weight excluding hydrogens is 346 g/mol. The minimum Gasteiger partial charge on any atom is -0.408 e. The number of nitrogens with zero attached hydrogens (tertiary/aromatic N) is 1. The molecule has 28 heavy (non-hydrogen) atoms. The van der Waals surface area contributed by atoms with Gasteiger partial charge in [0.15, 0.2) is 5.89 Å². The lowest BCUT2D eigenvalue weighted by molar-refractivity contribution is 0.433. The SMILES string of the molecule is CCCCCCCCCCCCCCCCCc1nc2ccccc2c(=O)o1. The summed E-state index contributed by atoms with van der Waals surface area (Å²) in [7, 11) is 0. The molecule has 2 rings (SSSR count). The first-order valence-electron chi connectivity index (χ1n) is 11.7. The van der Waals surface area contributed by atoms with Crippen molar-refractivity contribution in [2.75, 3.05) is 0 Å². The van der Waals surface area contributed by atoms with Gasteiger partial charge in [0, 0.05) is 6.42 Å². The summed E-state index contributed by atoms with van der Waals surface area (Å²) in [5.74, 6) is 0.582. The first-order valence-corrected chi connectivity index (χ1v) is 11.7. The van der Waals surface area contributed by atoms with Gasteiger partial charge in [-0.15, -0.1) is 0 Å². The van der Waals surface area contributed by atoms with Gasteiger partial charge in [-0.25, -0.2) is 9.78 Å². The number of rotatable bonds is 16. The molecule has 156 valence electrons. The fourth-order valence-corrected chi connectivity index (χ4v) is 3.82. The van der Waals surface area contributed by atoms with E-state index in [4.69, 9.17) is 4.42 Å². The van der Waals surface area contributed by atoms with Crippen molar-refractivity contribution in [3.05, 3.63) is 40.6 Å². The van der Waals surface area contributed by atoms with Crippen LogP contribution in [0.15, 0.2) is 33.5 Å². The molecule has 0 aliphatic heterocycles. The second-order valence-corrected chi connectivity index (χ2v) is 8.11. The van der Waals surface area contributed by atoms with Crippen LogP contribution in [-0.4, -0.2) is 4.98 Å². The Kier molecular flexibility index (Phi) is 11.6. The van der Waals surface area contributed by atoms with Crippen LogP contribution in [0.1, 0.15) is 109 Å². The molecule has 2 aromatic rings. The van der Waals surface area contributed by atoms with E-state index in [-0.39, 0.29) is 5.63 Å². The number of aryl methyl sites for hydroxylation is 1. The summed E-state index contributed by atoms with van der Waals surface area (Å²) in [4.78, 5) is 16.4. The second-order valence-electron chi connectivity index (χ2n) is 8.11. The Labute approximate surface area is 171 Å². The standard InChI is InChI=1S/C25H39NO2/c1-2-3-4-5-6-7-8-9-10-11-12-13-14-15-16-21-24-26-23-20-18-17-19-22(23)25(27)28-24/h17-20H,2-16,21H2,1H3. The summed E-state index contributed by atoms with van der Waals surface area (Å²) >= 11 is 0. The zero-order chi connectivity index (χ0) is 19.9. The van der Waals surface area contributed by atoms with Crippen LogP contribution in [0.4, 0.5) is 0 Å². The maximum atomic E-state index is 12.0. The predicted molar refractivity (Wildman–Crippen MR) is 119 cm³/mol. The van der Waals surface area contributed by atoms with Crippen molar-refractivity contribution in [1.82, 2.24) is 4.98 Å². The third-order valence-corrected chi connectivity index (χ3v) is 5.57. The van der Waals surface area contributed by atoms with Crippen molar-refractivity contribution in [2.45, 2.75) is 110 Å². The lowest BCUT2D eigenvalue weighted by atomic mass is 10.0. The third-order valence-electron chi connectivity index (χ3n) is 5.57. The van der Waals surface area contributed by atoms with Gasteiger partial charge < -0.3 is 4.42 Å². The topological polar surface area (TPSA) is 43.1 Å². The average molecular weight is 386 g/mol. The molecule has 0 spiro atoms. The van der Waals surface area contributed by atoms with Gasteiger partial charge in [0.2, 0.25) is 0 Å². The molecular formula is C25H39NO2. The van der Waals surface area contributed by atoms with Gasteiger partial charge in [-0.2, -0.15) is 0 Å². The van der Waals surface area contributed by atoms with Gasteiger partial charge in [-0.05, 0) is 18.6 Å². The van der Waals surface area contributed by atoms with Gasteiger partial charge >= 0.3 is 5.63 Å². The van der Waals surface area contributed by atoms with E-state index in [1.54, 1.807) is 6.07 Å². The van der Waals surface area contributed by atoms with Crippen LogP contribution in [0.2, 0.25) is 0 Å². The number of hydrogen-bond donors (Lipinski definition) is 0. The molecule has 0 N–H and O–H groups in total. The van der Waals surface area contributed by atoms with Crippen molar-refractivity contribution in [3.8, 4) is 0 Å². The Morgan fingerprint density at radius 2 is 1.21 bits per heavy atom. The molecule has 0 aliphatic rings. The lowest BCUT2D eigenvalue weighted by Crippen LogP contribution is -2.05. The molecule has 3 nitrogen and oxygen atoms in total. The van der Waals surface area contributed by atoms with Crippen molar-refractivity contribution >= 4 is 10.9 Å². The number of fused-ring (bicyclic) bond motifs is 1. The molecule has 0 saturated heterocycles. The monoisotopic (exact) mass is 385 g/mol. The largest absolute Gasteiger partial charge is 0.408 e. The molecule has 0 atom stereocenters. The normalized spacial score (nSPS) is 11.3. The highest BCUT2D eigenvalue weighted by Gasteiger charge is 2.05. The molecule has 0 radical (unpaired) electrons. The zero-order valence-electron chi connectivity index (χ0n) is 17.9. The van der Waals surface area contributed by atoms with Crippen molar-refractivity contribution in [2.24, 2.45) is 0 Å². The summed E-state index contributed by atoms with van der Waals surface area (Å²) in [6.07, 6.45) is 21.1. The van der Waals surface area contributed by atoms with Crippen molar-refractivity contribution in [1.29, 1.82) is 0 Å². The lowest BCUT2D eigenvalue weighted by Gasteiger charge is -2.04. The smallest absolute Gasteiger partial charge is 0.346 e. The number of para-hydroxylation sites is 1. The van der Waals surface area contributed by atoms with Crippen LogP contribution in [0.5, 0.6) is 0 Å². The molecule has 0 saturated carbocycles. The Hall–Kier alpha value is -1.64. The van der Waals surface area contributed by atoms with E-state index in [1.807, 2.05) is 18.2 Å². The van der Waals surface area contributed by atoms with E-state index < -0.39 is 0 Å². The van der Waals surface area contributed by atoms with Gasteiger partial charge in [0.25, 0.3) is 0 Å². The van der Waals surface area contributed by atoms with Crippen LogP contribution in [0.3, 0.4) is 0 Å². The molecule has 1 aromatic carbocycles. The van der Waals surface area contributed by atoms with E-state index in [9.17, 15) is 4.79 Å². The molecule has 0 aliphatic carbocycles. The molecule has 1 heterocycles. The average Bonchev–Trinajstić information content (AvgIpc) is 2.71. The Balaban J connectivity index is 1.43. The Morgan fingerprint density at radius 1 is 0.714 bits per heavy atom. The first-order chi connectivity index (χ1) is 13.8. The molecule has 1 aromatic heterocycles. The maximum Gasteiger partial charge on any atom is 0.346 e. The van der Waals surface area contributed by atoms with E-state index in [1.165, 1.54) is 89.9 Å². The second kappa shape index (κ2) is 14.4. The van der Waals surface area contributed by atoms with Gasteiger partial charge in [-0.3, -0.25) is 0 Å². The highest BCUT2D eigenvalue weighted by molar-refractivity contribution is 5.76. The molecule has 0 amide bonds. The minimum atomic E-state index is -0.262. The molecule has 0 fully saturated rings. The fourth-order valence-electron chi connectivity index (χ4n) is 3.82. The Bertz CT molecular complexity index is 707. The maximum absolute atomic E-state index is 12.0. The van der Waals surface area contributed by atoms with E-state index in [0.29, 0.717) is 11.3 Å². The molecule has 0 bridgehead atoms. The van der Waals surface area contributed by atoms with E-state index in [2.05, 4.69) is 11.9 Å². The zero-order valence-corrected chi connectivity index (χ0v) is 17.9. The fraction of sp³-hybridized carbons (Fsp3) is 0.680. The number of benzene rings is 1. The van der Waals surface area contributed by atoms with Crippen molar-refractivity contribution in [3.63, 3.8) is 0 Å². The van der Waals surface area contributed by atoms with E-state index >= 15 is 0 Å². The van der Waals surface area contributed by atoms with Crippen LogP contribution in [0.25, 0.3) is 10.9 Å². The van der Waals surface area contributed by atoms with Gasteiger partial charge in [0.1, 0.15) is 0 Å². The van der Waals surface area contributed by atoms with Crippen LogP contribution in [-0.2, 0) is 6.42 Å². The van der Waals surface area contributed by atoms with Crippen LogP contribution < -0.4 is 5.63 Å². The van der Waals surface area contributed by atoms with E-state index in [0.717, 1.165) is 18.4 Å². The summed E-state index contributed by atoms with van der Waals surface area (Å²) in [5, 5.41) is 0.572. The third kappa shape index (κ3) is 9.03. The van der Waals surface area contributed by atoms with Crippen LogP contribution in [0, 0.1) is 0 Å². The quantitative estimate of drug-likeness (QED) is 0.279. The highest BCUT2D eigenvalue weighted by atomic mass is 16.4. The van der Waals surface area contributed by atoms with Gasteiger partial charge in [-0.1, -0.05) is 109 Å². The van der Waals surface area contributed by atoms with Gasteiger partial charge in [0.05, 0.1) is 10.9 Å². The first kappa shape index (κ1) is 22.6. The minimum absolute atomic E-state index is 0.262. The number of hydrogen-bond acceptors (Lipinski definition) is 3. The van der Waals surface area contributed by atoms with Crippen LogP contribution >= 0.6 is 0 Å². The summed E-state index contributed by atoms with van der Waals surface area (Å²) in [6.45, 7) is 2.28. The van der Waals surface area contributed by atoms with Crippen molar-refractivity contribution < 1.29 is 4.42 Å². The molecule has 0 unspecified atom stereocenters. The highest BCUT2D eigenvalue weighted by Crippen LogP contribution is 2.14. The molecule has 3 heteroatoms.